The Balaban J connectivity index is 1.66. The van der Waals surface area contributed by atoms with Crippen molar-refractivity contribution in [1.82, 2.24) is 14.2 Å². The molecule has 21 heavy (non-hydrogen) atoms. The molecular weight excluding hydrogens is 264 g/mol. The van der Waals surface area contributed by atoms with Crippen molar-refractivity contribution in [3.63, 3.8) is 0 Å². The lowest BCUT2D eigenvalue weighted by molar-refractivity contribution is 0.614. The molecule has 0 radical (unpaired) electrons. The Morgan fingerprint density at radius 3 is 2.67 bits per heavy atom. The molecule has 0 aliphatic rings. The van der Waals surface area contributed by atoms with Gasteiger partial charge in [0, 0.05) is 18.4 Å². The third-order valence-electron chi connectivity index (χ3n) is 3.50. The first-order valence-electron chi connectivity index (χ1n) is 7.15. The first kappa shape index (κ1) is 13.4. The highest BCUT2D eigenvalue weighted by molar-refractivity contribution is 5.44. The van der Waals surface area contributed by atoms with Gasteiger partial charge in [-0.05, 0) is 36.2 Å². The highest BCUT2D eigenvalue weighted by Crippen LogP contribution is 2.09. The van der Waals surface area contributed by atoms with Crippen LogP contribution in [-0.2, 0) is 13.0 Å². The zero-order valence-electron chi connectivity index (χ0n) is 12.0. The van der Waals surface area contributed by atoms with Crippen LogP contribution in [0.1, 0.15) is 12.5 Å². The summed E-state index contributed by atoms with van der Waals surface area (Å²) in [5.41, 5.74) is 2.95. The van der Waals surface area contributed by atoms with Crippen LogP contribution in [0.3, 0.4) is 0 Å². The monoisotopic (exact) mass is 282 g/mol. The Morgan fingerprint density at radius 2 is 1.95 bits per heavy atom. The molecule has 3 aromatic rings. The lowest BCUT2D eigenvalue weighted by atomic mass is 10.1. The van der Waals surface area contributed by atoms with E-state index in [-0.39, 0.29) is 5.69 Å². The highest BCUT2D eigenvalue weighted by Gasteiger charge is 2.04. The van der Waals surface area contributed by atoms with Gasteiger partial charge < -0.3 is 5.32 Å². The number of rotatable bonds is 5. The molecule has 5 heteroatoms. The van der Waals surface area contributed by atoms with Gasteiger partial charge in [-0.15, -0.1) is 5.10 Å². The molecule has 108 valence electrons. The average molecular weight is 282 g/mol. The van der Waals surface area contributed by atoms with E-state index in [1.165, 1.54) is 10.2 Å². The maximum absolute atomic E-state index is 12.1. The van der Waals surface area contributed by atoms with E-state index in [0.717, 1.165) is 12.1 Å². The molecule has 0 atom stereocenters. The third-order valence-corrected chi connectivity index (χ3v) is 3.50. The van der Waals surface area contributed by atoms with Gasteiger partial charge in [0.25, 0.3) is 0 Å². The molecule has 0 aliphatic heterocycles. The molecule has 0 amide bonds. The Morgan fingerprint density at radius 1 is 1.14 bits per heavy atom. The normalized spacial score (nSPS) is 10.9. The maximum Gasteiger partial charge on any atom is 0.350 e. The van der Waals surface area contributed by atoms with Crippen molar-refractivity contribution < 1.29 is 0 Å². The summed E-state index contributed by atoms with van der Waals surface area (Å²) < 4.78 is 3.04. The molecule has 1 aromatic carbocycles. The second-order valence-electron chi connectivity index (χ2n) is 4.91. The molecule has 0 spiro atoms. The Hall–Kier alpha value is -2.56. The van der Waals surface area contributed by atoms with Crippen LogP contribution in [-0.4, -0.2) is 20.7 Å². The minimum absolute atomic E-state index is 0.103. The van der Waals surface area contributed by atoms with Crippen LogP contribution in [0.15, 0.2) is 53.5 Å². The van der Waals surface area contributed by atoms with E-state index in [2.05, 4.69) is 41.6 Å². The van der Waals surface area contributed by atoms with E-state index in [0.29, 0.717) is 18.7 Å². The lowest BCUT2D eigenvalue weighted by Gasteiger charge is -2.06. The summed E-state index contributed by atoms with van der Waals surface area (Å²) in [4.78, 5) is 12.1. The number of fused-ring (bicyclic) bond motifs is 1. The van der Waals surface area contributed by atoms with E-state index in [4.69, 9.17) is 0 Å². The molecule has 2 aromatic heterocycles. The predicted octanol–water partition coefficient (Wildman–Crippen LogP) is 2.17. The van der Waals surface area contributed by atoms with Gasteiger partial charge in [0.05, 0.1) is 6.54 Å². The molecule has 5 nitrogen and oxygen atoms in total. The van der Waals surface area contributed by atoms with Crippen LogP contribution in [0.4, 0.5) is 5.69 Å². The van der Waals surface area contributed by atoms with Crippen molar-refractivity contribution >= 4 is 11.3 Å². The topological polar surface area (TPSA) is 51.3 Å². The van der Waals surface area contributed by atoms with Crippen molar-refractivity contribution in [2.75, 3.05) is 11.9 Å². The molecule has 0 aliphatic carbocycles. The van der Waals surface area contributed by atoms with Crippen LogP contribution in [0, 0.1) is 0 Å². The van der Waals surface area contributed by atoms with Gasteiger partial charge in [0.15, 0.2) is 5.65 Å². The Bertz CT molecular complexity index is 786. The van der Waals surface area contributed by atoms with Crippen LogP contribution >= 0.6 is 0 Å². The molecule has 0 bridgehead atoms. The number of hydrogen-bond donors (Lipinski definition) is 1. The molecule has 0 saturated carbocycles. The molecule has 3 rings (SSSR count). The molecular formula is C16H18N4O. The number of pyridine rings is 1. The standard InChI is InChI=1S/C16H18N4O/c1-2-13-6-8-14(9-7-13)17-10-12-20-16(21)19-11-4-3-5-15(19)18-20/h3-9,11,17H,2,10,12H2,1H3. The molecule has 0 saturated heterocycles. The lowest BCUT2D eigenvalue weighted by Crippen LogP contribution is -2.24. The predicted molar refractivity (Wildman–Crippen MR) is 83.8 cm³/mol. The van der Waals surface area contributed by atoms with E-state index < -0.39 is 0 Å². The van der Waals surface area contributed by atoms with Crippen molar-refractivity contribution in [2.45, 2.75) is 19.9 Å². The summed E-state index contributed by atoms with van der Waals surface area (Å²) in [6, 6.07) is 13.9. The summed E-state index contributed by atoms with van der Waals surface area (Å²) in [7, 11) is 0. The van der Waals surface area contributed by atoms with Crippen molar-refractivity contribution in [3.8, 4) is 0 Å². The molecule has 0 fully saturated rings. The second-order valence-corrected chi connectivity index (χ2v) is 4.91. The number of hydrogen-bond acceptors (Lipinski definition) is 3. The number of nitrogens with zero attached hydrogens (tertiary/aromatic N) is 3. The van der Waals surface area contributed by atoms with Crippen molar-refractivity contribution in [3.05, 3.63) is 64.7 Å². The van der Waals surface area contributed by atoms with E-state index >= 15 is 0 Å². The maximum atomic E-state index is 12.1. The summed E-state index contributed by atoms with van der Waals surface area (Å²) >= 11 is 0. The largest absolute Gasteiger partial charge is 0.383 e. The van der Waals surface area contributed by atoms with Crippen molar-refractivity contribution in [2.24, 2.45) is 0 Å². The van der Waals surface area contributed by atoms with Gasteiger partial charge in [0.1, 0.15) is 0 Å². The SMILES string of the molecule is CCc1ccc(NCCn2nc3ccccn3c2=O)cc1. The quantitative estimate of drug-likeness (QED) is 0.780. The first-order chi connectivity index (χ1) is 10.3. The molecule has 0 unspecified atom stereocenters. The summed E-state index contributed by atoms with van der Waals surface area (Å²) in [5.74, 6) is 0. The van der Waals surface area contributed by atoms with Gasteiger partial charge in [-0.3, -0.25) is 4.40 Å². The van der Waals surface area contributed by atoms with Crippen LogP contribution in [0.25, 0.3) is 5.65 Å². The summed E-state index contributed by atoms with van der Waals surface area (Å²) in [6.45, 7) is 3.34. The zero-order chi connectivity index (χ0) is 14.7. The molecule has 1 N–H and O–H groups in total. The zero-order valence-corrected chi connectivity index (χ0v) is 12.0. The smallest absolute Gasteiger partial charge is 0.350 e. The highest BCUT2D eigenvalue weighted by atomic mass is 16.2. The van der Waals surface area contributed by atoms with E-state index in [9.17, 15) is 4.79 Å². The van der Waals surface area contributed by atoms with Gasteiger partial charge in [-0.1, -0.05) is 25.1 Å². The fourth-order valence-corrected chi connectivity index (χ4v) is 2.28. The molecule has 2 heterocycles. The Labute approximate surface area is 122 Å². The van der Waals surface area contributed by atoms with Gasteiger partial charge in [-0.25, -0.2) is 9.48 Å². The minimum atomic E-state index is -0.103. The fraction of sp³-hybridized carbons (Fsp3) is 0.250. The number of nitrogens with one attached hydrogen (secondary N) is 1. The summed E-state index contributed by atoms with van der Waals surface area (Å²) in [5, 5.41) is 7.60. The van der Waals surface area contributed by atoms with Crippen LogP contribution in [0.2, 0.25) is 0 Å². The Kier molecular flexibility index (Phi) is 3.73. The minimum Gasteiger partial charge on any atom is -0.383 e. The average Bonchev–Trinajstić information content (AvgIpc) is 2.85. The van der Waals surface area contributed by atoms with Crippen molar-refractivity contribution in [1.29, 1.82) is 0 Å². The summed E-state index contributed by atoms with van der Waals surface area (Å²) in [6.07, 6.45) is 2.77. The number of aromatic nitrogens is 3. The van der Waals surface area contributed by atoms with E-state index in [1.807, 2.05) is 18.2 Å². The van der Waals surface area contributed by atoms with Gasteiger partial charge >= 0.3 is 5.69 Å². The van der Waals surface area contributed by atoms with Crippen LogP contribution < -0.4 is 11.0 Å². The second kappa shape index (κ2) is 5.83. The van der Waals surface area contributed by atoms with Gasteiger partial charge in [-0.2, -0.15) is 0 Å². The van der Waals surface area contributed by atoms with E-state index in [1.54, 1.807) is 10.6 Å². The number of aryl methyl sites for hydroxylation is 1. The number of anilines is 1. The van der Waals surface area contributed by atoms with Crippen LogP contribution in [0.5, 0.6) is 0 Å². The third kappa shape index (κ3) is 2.81. The number of benzene rings is 1. The first-order valence-corrected chi connectivity index (χ1v) is 7.15. The fourth-order valence-electron chi connectivity index (χ4n) is 2.28. The van der Waals surface area contributed by atoms with Gasteiger partial charge in [0.2, 0.25) is 0 Å².